The van der Waals surface area contributed by atoms with Crippen LogP contribution in [0.15, 0.2) is 30.3 Å². The molecular formula is C22H25ClFNO3. The second-order valence-electron chi connectivity index (χ2n) is 7.86. The molecule has 4 nitrogen and oxygen atoms in total. The van der Waals surface area contributed by atoms with Crippen molar-refractivity contribution in [1.29, 1.82) is 0 Å². The van der Waals surface area contributed by atoms with Gasteiger partial charge >= 0.3 is 6.09 Å². The molecule has 0 aliphatic heterocycles. The fourth-order valence-corrected chi connectivity index (χ4v) is 3.94. The summed E-state index contributed by atoms with van der Waals surface area (Å²) in [7, 11) is 0. The van der Waals surface area contributed by atoms with Crippen LogP contribution in [0, 0.1) is 11.2 Å². The van der Waals surface area contributed by atoms with Crippen molar-refractivity contribution in [1.82, 2.24) is 0 Å². The van der Waals surface area contributed by atoms with Crippen LogP contribution in [0.1, 0.15) is 50.8 Å². The highest BCUT2D eigenvalue weighted by Gasteiger charge is 2.42. The fraction of sp³-hybridized carbons (Fsp3) is 0.409. The smallest absolute Gasteiger partial charge is 0.405 e. The van der Waals surface area contributed by atoms with Gasteiger partial charge in [0.05, 0.1) is 11.6 Å². The number of unbranched alkanes of at least 4 members (excludes halogenated alkanes) is 1. The molecule has 6 heteroatoms. The van der Waals surface area contributed by atoms with Crippen molar-refractivity contribution in [2.75, 3.05) is 6.61 Å². The summed E-state index contributed by atoms with van der Waals surface area (Å²) >= 11 is 6.33. The van der Waals surface area contributed by atoms with E-state index in [1.165, 1.54) is 6.07 Å². The molecule has 0 unspecified atom stereocenters. The summed E-state index contributed by atoms with van der Waals surface area (Å²) < 4.78 is 25.9. The molecule has 3 rings (SSSR count). The Bertz CT molecular complexity index is 898. The Morgan fingerprint density at radius 3 is 2.71 bits per heavy atom. The van der Waals surface area contributed by atoms with Crippen molar-refractivity contribution in [2.45, 2.75) is 46.1 Å². The zero-order valence-corrected chi connectivity index (χ0v) is 17.1. The Kier molecular flexibility index (Phi) is 5.84. The van der Waals surface area contributed by atoms with Gasteiger partial charge in [0.15, 0.2) is 0 Å². The van der Waals surface area contributed by atoms with Crippen LogP contribution in [0.5, 0.6) is 5.75 Å². The molecular weight excluding hydrogens is 381 g/mol. The zero-order valence-electron chi connectivity index (χ0n) is 16.4. The van der Waals surface area contributed by atoms with E-state index in [0.29, 0.717) is 40.5 Å². The van der Waals surface area contributed by atoms with Gasteiger partial charge in [-0.05, 0) is 53.8 Å². The van der Waals surface area contributed by atoms with Crippen LogP contribution in [-0.2, 0) is 11.2 Å². The predicted octanol–water partition coefficient (Wildman–Crippen LogP) is 6.04. The van der Waals surface area contributed by atoms with Crippen LogP contribution in [-0.4, -0.2) is 12.7 Å². The highest BCUT2D eigenvalue weighted by atomic mass is 35.5. The van der Waals surface area contributed by atoms with Gasteiger partial charge in [0.1, 0.15) is 17.7 Å². The van der Waals surface area contributed by atoms with E-state index >= 15 is 0 Å². The van der Waals surface area contributed by atoms with Crippen LogP contribution in [0.4, 0.5) is 9.18 Å². The number of halogens is 2. The van der Waals surface area contributed by atoms with E-state index in [1.54, 1.807) is 24.3 Å². The van der Waals surface area contributed by atoms with E-state index < -0.39 is 18.0 Å². The standard InChI is InChI=1S/C22H25ClFNO3/c1-4-5-8-27-19-7-6-13(10-17(19)23)15-9-14-12-22(2,3)20(28-21(25)26)16(14)11-18(15)24/h6-7,9-11,20H,4-5,8,12H2,1-3H3,(H2,25,26)/t20-/m0/s1. The minimum Gasteiger partial charge on any atom is -0.492 e. The molecule has 0 saturated heterocycles. The molecule has 0 fully saturated rings. The van der Waals surface area contributed by atoms with E-state index in [-0.39, 0.29) is 5.41 Å². The van der Waals surface area contributed by atoms with Gasteiger partial charge in [-0.25, -0.2) is 9.18 Å². The van der Waals surface area contributed by atoms with Gasteiger partial charge in [-0.2, -0.15) is 0 Å². The van der Waals surface area contributed by atoms with Crippen LogP contribution in [0.2, 0.25) is 5.02 Å². The Labute approximate surface area is 169 Å². The van der Waals surface area contributed by atoms with Crippen molar-refractivity contribution >= 4 is 17.7 Å². The van der Waals surface area contributed by atoms with Gasteiger partial charge in [-0.15, -0.1) is 0 Å². The van der Waals surface area contributed by atoms with E-state index in [4.69, 9.17) is 26.8 Å². The Morgan fingerprint density at radius 1 is 1.32 bits per heavy atom. The van der Waals surface area contributed by atoms with E-state index in [0.717, 1.165) is 18.4 Å². The average molecular weight is 406 g/mol. The zero-order chi connectivity index (χ0) is 20.5. The van der Waals surface area contributed by atoms with E-state index in [9.17, 15) is 9.18 Å². The lowest BCUT2D eigenvalue weighted by Crippen LogP contribution is -2.25. The molecule has 1 aliphatic rings. The third kappa shape index (κ3) is 4.09. The van der Waals surface area contributed by atoms with Gasteiger partial charge < -0.3 is 15.2 Å². The maximum Gasteiger partial charge on any atom is 0.405 e. The number of amides is 1. The molecule has 0 heterocycles. The first-order valence-corrected chi connectivity index (χ1v) is 9.82. The number of benzene rings is 2. The van der Waals surface area contributed by atoms with Crippen LogP contribution >= 0.6 is 11.6 Å². The summed E-state index contributed by atoms with van der Waals surface area (Å²) in [5.74, 6) is 0.196. The number of nitrogens with two attached hydrogens (primary N) is 1. The molecule has 0 saturated carbocycles. The van der Waals surface area contributed by atoms with Gasteiger partial charge in [0, 0.05) is 11.0 Å². The molecule has 0 aromatic heterocycles. The maximum atomic E-state index is 14.9. The first-order valence-electron chi connectivity index (χ1n) is 9.44. The van der Waals surface area contributed by atoms with Crippen molar-refractivity contribution < 1.29 is 18.7 Å². The summed E-state index contributed by atoms with van der Waals surface area (Å²) in [6, 6.07) is 8.52. The number of hydrogen-bond acceptors (Lipinski definition) is 3. The van der Waals surface area contributed by atoms with Crippen molar-refractivity contribution in [3.63, 3.8) is 0 Å². The monoisotopic (exact) mass is 405 g/mol. The topological polar surface area (TPSA) is 61.6 Å². The molecule has 1 amide bonds. The highest BCUT2D eigenvalue weighted by molar-refractivity contribution is 6.32. The van der Waals surface area contributed by atoms with Gasteiger partial charge in [-0.3, -0.25) is 0 Å². The third-order valence-corrected chi connectivity index (χ3v) is 5.39. The number of fused-ring (bicyclic) bond motifs is 1. The van der Waals surface area contributed by atoms with Crippen molar-refractivity contribution in [3.8, 4) is 16.9 Å². The molecule has 0 bridgehead atoms. The molecule has 1 aliphatic carbocycles. The highest BCUT2D eigenvalue weighted by Crippen LogP contribution is 2.49. The number of carbonyl (C=O) groups excluding carboxylic acids is 1. The molecule has 0 spiro atoms. The van der Waals surface area contributed by atoms with Gasteiger partial charge in [-0.1, -0.05) is 44.9 Å². The number of rotatable bonds is 6. The molecule has 1 atom stereocenters. The molecule has 2 N–H and O–H groups in total. The lowest BCUT2D eigenvalue weighted by Gasteiger charge is -2.26. The van der Waals surface area contributed by atoms with Crippen LogP contribution in [0.25, 0.3) is 11.1 Å². The van der Waals surface area contributed by atoms with Gasteiger partial charge in [0.2, 0.25) is 0 Å². The predicted molar refractivity (Wildman–Crippen MR) is 108 cm³/mol. The minimum atomic E-state index is -0.860. The summed E-state index contributed by atoms with van der Waals surface area (Å²) in [5.41, 5.74) is 7.56. The van der Waals surface area contributed by atoms with E-state index in [2.05, 4.69) is 6.92 Å². The van der Waals surface area contributed by atoms with Crippen molar-refractivity contribution in [2.24, 2.45) is 11.1 Å². The summed E-state index contributed by atoms with van der Waals surface area (Å²) in [6.45, 7) is 6.62. The van der Waals surface area contributed by atoms with E-state index in [1.807, 2.05) is 13.8 Å². The first-order chi connectivity index (χ1) is 13.2. The SMILES string of the molecule is CCCCOc1ccc(-c2cc3c(cc2F)[C@H](OC(N)=O)C(C)(C)C3)cc1Cl. The quantitative estimate of drug-likeness (QED) is 0.595. The van der Waals surface area contributed by atoms with Crippen LogP contribution < -0.4 is 10.5 Å². The molecule has 150 valence electrons. The molecule has 2 aromatic rings. The molecule has 28 heavy (non-hydrogen) atoms. The van der Waals surface area contributed by atoms with Gasteiger partial charge in [0.25, 0.3) is 0 Å². The average Bonchev–Trinajstić information content (AvgIpc) is 2.85. The number of hydrogen-bond donors (Lipinski definition) is 1. The number of ether oxygens (including phenoxy) is 2. The number of carbonyl (C=O) groups is 1. The van der Waals surface area contributed by atoms with Crippen molar-refractivity contribution in [3.05, 3.63) is 52.3 Å². The Balaban J connectivity index is 1.93. The largest absolute Gasteiger partial charge is 0.492 e. The summed E-state index contributed by atoms with van der Waals surface area (Å²) in [4.78, 5) is 11.3. The second-order valence-corrected chi connectivity index (χ2v) is 8.27. The minimum absolute atomic E-state index is 0.364. The second kappa shape index (κ2) is 8.00. The Morgan fingerprint density at radius 2 is 2.07 bits per heavy atom. The van der Waals surface area contributed by atoms with Crippen LogP contribution in [0.3, 0.4) is 0 Å². The maximum absolute atomic E-state index is 14.9. The fourth-order valence-electron chi connectivity index (χ4n) is 3.71. The first kappa shape index (κ1) is 20.5. The summed E-state index contributed by atoms with van der Waals surface area (Å²) in [5, 5.41) is 0.448. The summed E-state index contributed by atoms with van der Waals surface area (Å²) in [6.07, 6.45) is 1.20. The lowest BCUT2D eigenvalue weighted by molar-refractivity contribution is 0.0391. The Hall–Kier alpha value is -2.27. The normalized spacial score (nSPS) is 17.2. The molecule has 0 radical (unpaired) electrons. The molecule has 2 aromatic carbocycles. The lowest BCUT2D eigenvalue weighted by atomic mass is 9.87. The number of primary amides is 1. The third-order valence-electron chi connectivity index (χ3n) is 5.10.